The summed E-state index contributed by atoms with van der Waals surface area (Å²) < 4.78 is 11.0. The molecular weight excluding hydrogens is 464 g/mol. The second-order valence-electron chi connectivity index (χ2n) is 6.97. The van der Waals surface area contributed by atoms with E-state index in [1.54, 1.807) is 36.3 Å². The number of carboxylic acids is 1. The van der Waals surface area contributed by atoms with E-state index in [9.17, 15) is 14.7 Å². The fraction of sp³-hybridized carbons (Fsp3) is 0.125. The molecule has 0 bridgehead atoms. The van der Waals surface area contributed by atoms with Crippen molar-refractivity contribution in [3.05, 3.63) is 81.9 Å². The van der Waals surface area contributed by atoms with Crippen LogP contribution in [0, 0.1) is 0 Å². The lowest BCUT2D eigenvalue weighted by Crippen LogP contribution is -2.32. The van der Waals surface area contributed by atoms with Gasteiger partial charge in [0.25, 0.3) is 5.91 Å². The number of amidine groups is 1. The number of amides is 1. The summed E-state index contributed by atoms with van der Waals surface area (Å²) in [6.45, 7) is 0.749. The molecule has 4 rings (SSSR count). The number of thioether (sulfide) groups is 1. The Kier molecular flexibility index (Phi) is 6.98. The number of para-hydroxylation sites is 1. The lowest BCUT2D eigenvalue weighted by molar-refractivity contribution is -0.255. The first kappa shape index (κ1) is 22.8. The Morgan fingerprint density at radius 1 is 1.21 bits per heavy atom. The maximum atomic E-state index is 13.0. The lowest BCUT2D eigenvalue weighted by Gasteiger charge is -2.14. The van der Waals surface area contributed by atoms with E-state index in [1.165, 1.54) is 23.9 Å². The molecule has 2 heterocycles. The predicted octanol–water partition coefficient (Wildman–Crippen LogP) is 4.21. The van der Waals surface area contributed by atoms with E-state index in [4.69, 9.17) is 20.8 Å². The number of hydrogen-bond donors (Lipinski definition) is 0. The van der Waals surface area contributed by atoms with Crippen LogP contribution in [0.5, 0.6) is 0 Å². The molecule has 1 aliphatic heterocycles. The predicted molar refractivity (Wildman–Crippen MR) is 126 cm³/mol. The number of aliphatic imine (C=N–C) groups is 1. The first-order chi connectivity index (χ1) is 16.0. The van der Waals surface area contributed by atoms with Crippen LogP contribution in [0.3, 0.4) is 0 Å². The van der Waals surface area contributed by atoms with Crippen molar-refractivity contribution in [2.24, 2.45) is 4.99 Å². The molecule has 0 unspecified atom stereocenters. The van der Waals surface area contributed by atoms with Crippen molar-refractivity contribution in [3.8, 4) is 11.3 Å². The number of rotatable bonds is 7. The quantitative estimate of drug-likeness (QED) is 0.469. The minimum absolute atomic E-state index is 0.0564. The summed E-state index contributed by atoms with van der Waals surface area (Å²) in [6, 6.07) is 17.3. The van der Waals surface area contributed by atoms with Gasteiger partial charge in [-0.3, -0.25) is 9.69 Å². The second kappa shape index (κ2) is 10.1. The van der Waals surface area contributed by atoms with Gasteiger partial charge in [-0.25, -0.2) is 4.99 Å². The number of carbonyl (C=O) groups excluding carboxylic acids is 2. The molecule has 1 aromatic heterocycles. The number of aromatic carboxylic acids is 1. The van der Waals surface area contributed by atoms with E-state index in [2.05, 4.69) is 4.99 Å². The van der Waals surface area contributed by atoms with Gasteiger partial charge >= 0.3 is 0 Å². The number of carboxylic acid groups (broad SMARTS) is 1. The van der Waals surface area contributed by atoms with Gasteiger partial charge in [0.05, 0.1) is 34.7 Å². The van der Waals surface area contributed by atoms with Crippen molar-refractivity contribution in [1.82, 2.24) is 4.90 Å². The van der Waals surface area contributed by atoms with Crippen molar-refractivity contribution < 1.29 is 23.8 Å². The highest BCUT2D eigenvalue weighted by molar-refractivity contribution is 8.18. The third-order valence-corrected chi connectivity index (χ3v) is 6.08. The van der Waals surface area contributed by atoms with Gasteiger partial charge in [-0.1, -0.05) is 41.9 Å². The summed E-state index contributed by atoms with van der Waals surface area (Å²) in [6.07, 6.45) is 1.65. The Labute approximate surface area is 199 Å². The van der Waals surface area contributed by atoms with Crippen LogP contribution in [0.2, 0.25) is 5.02 Å². The van der Waals surface area contributed by atoms with Crippen molar-refractivity contribution >= 4 is 52.2 Å². The first-order valence-corrected chi connectivity index (χ1v) is 11.1. The lowest BCUT2D eigenvalue weighted by atomic mass is 10.1. The van der Waals surface area contributed by atoms with E-state index in [0.717, 1.165) is 5.69 Å². The van der Waals surface area contributed by atoms with Gasteiger partial charge in [0.2, 0.25) is 0 Å². The molecule has 1 fully saturated rings. The molecule has 0 atom stereocenters. The number of nitrogens with zero attached hydrogens (tertiary/aromatic N) is 2. The van der Waals surface area contributed by atoms with Gasteiger partial charge in [0, 0.05) is 24.3 Å². The maximum Gasteiger partial charge on any atom is 0.266 e. The van der Waals surface area contributed by atoms with Crippen molar-refractivity contribution in [2.45, 2.75) is 0 Å². The minimum Gasteiger partial charge on any atom is -0.545 e. The molecule has 7 nitrogen and oxygen atoms in total. The molecular formula is C24H18ClN2O5S-. The number of benzene rings is 2. The van der Waals surface area contributed by atoms with E-state index in [0.29, 0.717) is 40.3 Å². The molecule has 0 aliphatic carbocycles. The maximum absolute atomic E-state index is 13.0. The highest BCUT2D eigenvalue weighted by atomic mass is 35.5. The van der Waals surface area contributed by atoms with E-state index >= 15 is 0 Å². The summed E-state index contributed by atoms with van der Waals surface area (Å²) in [5, 5.41) is 11.7. The zero-order valence-electron chi connectivity index (χ0n) is 17.5. The third-order valence-electron chi connectivity index (χ3n) is 4.76. The Hall–Kier alpha value is -3.33. The molecule has 0 N–H and O–H groups in total. The van der Waals surface area contributed by atoms with E-state index in [-0.39, 0.29) is 16.5 Å². The molecule has 0 spiro atoms. The van der Waals surface area contributed by atoms with E-state index in [1.807, 2.05) is 30.3 Å². The van der Waals surface area contributed by atoms with E-state index < -0.39 is 5.97 Å². The molecule has 1 aliphatic rings. The van der Waals surface area contributed by atoms with Crippen molar-refractivity contribution in [1.29, 1.82) is 0 Å². The second-order valence-corrected chi connectivity index (χ2v) is 8.39. The smallest absolute Gasteiger partial charge is 0.266 e. The highest BCUT2D eigenvalue weighted by Crippen LogP contribution is 2.35. The van der Waals surface area contributed by atoms with Gasteiger partial charge in [-0.2, -0.15) is 0 Å². The number of halogens is 1. The van der Waals surface area contributed by atoms with Gasteiger partial charge in [0.15, 0.2) is 5.17 Å². The summed E-state index contributed by atoms with van der Waals surface area (Å²) in [5.41, 5.74) is 1.25. The highest BCUT2D eigenvalue weighted by Gasteiger charge is 2.33. The molecule has 2 aromatic carbocycles. The number of furan rings is 1. The SMILES string of the molecule is COCCN1C(=O)/C(=C/c2ccc(-c3ccc(C(=O)[O-])c(Cl)c3)o2)SC1=Nc1ccccc1. The summed E-state index contributed by atoms with van der Waals surface area (Å²) in [5.74, 6) is -0.586. The number of methoxy groups -OCH3 is 1. The van der Waals surface area contributed by atoms with Crippen LogP contribution in [0.4, 0.5) is 5.69 Å². The normalized spacial score (nSPS) is 16.2. The van der Waals surface area contributed by atoms with Crippen LogP contribution in [0.1, 0.15) is 16.1 Å². The third kappa shape index (κ3) is 5.19. The topological polar surface area (TPSA) is 95.2 Å². The average Bonchev–Trinajstić information content (AvgIpc) is 3.38. The van der Waals surface area contributed by atoms with Crippen LogP contribution in [-0.2, 0) is 9.53 Å². The Bertz CT molecular complexity index is 1250. The van der Waals surface area contributed by atoms with Crippen LogP contribution >= 0.6 is 23.4 Å². The van der Waals surface area contributed by atoms with Crippen LogP contribution < -0.4 is 5.11 Å². The average molecular weight is 482 g/mol. The first-order valence-electron chi connectivity index (χ1n) is 9.91. The zero-order chi connectivity index (χ0) is 23.4. The monoisotopic (exact) mass is 481 g/mol. The standard InChI is InChI=1S/C24H19ClN2O5S/c1-31-12-11-27-22(28)21(33-24(27)26-16-5-3-2-4-6-16)14-17-8-10-20(32-17)15-7-9-18(23(29)30)19(25)13-15/h2-10,13-14H,11-12H2,1H3,(H,29,30)/p-1/b21-14-,26-24?. The van der Waals surface area contributed by atoms with Gasteiger partial charge in [-0.05, 0) is 42.1 Å². The molecule has 1 saturated heterocycles. The Balaban J connectivity index is 1.60. The summed E-state index contributed by atoms with van der Waals surface area (Å²) >= 11 is 7.28. The van der Waals surface area contributed by atoms with Gasteiger partial charge in [-0.15, -0.1) is 0 Å². The molecule has 0 radical (unpaired) electrons. The van der Waals surface area contributed by atoms with Crippen molar-refractivity contribution in [2.75, 3.05) is 20.3 Å². The van der Waals surface area contributed by atoms with Gasteiger partial charge < -0.3 is 19.1 Å². The number of carbonyl (C=O) groups is 2. The van der Waals surface area contributed by atoms with Crippen LogP contribution in [0.25, 0.3) is 17.4 Å². The molecule has 9 heteroatoms. The Morgan fingerprint density at radius 2 is 2.00 bits per heavy atom. The summed E-state index contributed by atoms with van der Waals surface area (Å²) in [7, 11) is 1.58. The fourth-order valence-corrected chi connectivity index (χ4v) is 4.40. The molecule has 168 valence electrons. The number of ether oxygens (including phenoxy) is 1. The van der Waals surface area contributed by atoms with Gasteiger partial charge in [0.1, 0.15) is 11.5 Å². The zero-order valence-corrected chi connectivity index (χ0v) is 19.1. The van der Waals surface area contributed by atoms with Crippen molar-refractivity contribution in [3.63, 3.8) is 0 Å². The molecule has 0 saturated carbocycles. The largest absolute Gasteiger partial charge is 0.545 e. The molecule has 1 amide bonds. The molecule has 33 heavy (non-hydrogen) atoms. The number of hydrogen-bond acceptors (Lipinski definition) is 7. The Morgan fingerprint density at radius 3 is 2.70 bits per heavy atom. The summed E-state index contributed by atoms with van der Waals surface area (Å²) in [4.78, 5) is 30.7. The fourth-order valence-electron chi connectivity index (χ4n) is 3.13. The molecule has 3 aromatic rings. The van der Waals surface area contributed by atoms with Crippen LogP contribution in [-0.4, -0.2) is 42.2 Å². The minimum atomic E-state index is -1.35. The van der Waals surface area contributed by atoms with Crippen LogP contribution in [0.15, 0.2) is 75.0 Å².